The van der Waals surface area contributed by atoms with E-state index in [0.717, 1.165) is 22.3 Å². The summed E-state index contributed by atoms with van der Waals surface area (Å²) in [6.45, 7) is 0.379. The minimum absolute atomic E-state index is 0.189. The third-order valence-electron chi connectivity index (χ3n) is 4.68. The second-order valence-corrected chi connectivity index (χ2v) is 7.01. The summed E-state index contributed by atoms with van der Waals surface area (Å²) in [5.74, 6) is 0. The molecule has 4 nitrogen and oxygen atoms in total. The molecule has 5 heteroatoms. The van der Waals surface area contributed by atoms with Crippen LogP contribution in [0, 0.1) is 11.3 Å². The van der Waals surface area contributed by atoms with E-state index in [1.54, 1.807) is 42.6 Å². The van der Waals surface area contributed by atoms with E-state index >= 15 is 0 Å². The molecular weight excluding hydrogens is 382 g/mol. The smallest absolute Gasteiger partial charge is 0.267 e. The lowest BCUT2D eigenvalue weighted by molar-refractivity contribution is 0.642. The molecule has 140 valence electrons. The number of hydrogen-bond acceptors (Lipinski definition) is 3. The van der Waals surface area contributed by atoms with Crippen molar-refractivity contribution >= 4 is 11.6 Å². The summed E-state index contributed by atoms with van der Waals surface area (Å²) >= 11 is 6.02. The van der Waals surface area contributed by atoms with Crippen molar-refractivity contribution < 1.29 is 0 Å². The molecule has 0 fully saturated rings. The van der Waals surface area contributed by atoms with Crippen molar-refractivity contribution in [2.75, 3.05) is 0 Å². The molecular formula is C24H16ClN3O. The summed E-state index contributed by atoms with van der Waals surface area (Å²) in [6, 6.07) is 26.2. The van der Waals surface area contributed by atoms with Gasteiger partial charge in [-0.1, -0.05) is 66.2 Å². The van der Waals surface area contributed by atoms with Crippen LogP contribution in [0.25, 0.3) is 22.3 Å². The average molecular weight is 398 g/mol. The largest absolute Gasteiger partial charge is 0.275 e. The molecule has 0 amide bonds. The zero-order valence-electron chi connectivity index (χ0n) is 15.4. The lowest BCUT2D eigenvalue weighted by atomic mass is 9.96. The highest BCUT2D eigenvalue weighted by Crippen LogP contribution is 2.29. The standard InChI is InChI=1S/C24H16ClN3O/c25-21-12-10-19(11-13-21)22-15-27-28(16-18-4-2-1-3-5-18)24(29)23(22)20-8-6-17(14-26)7-9-20/h1-13,15H,16H2. The van der Waals surface area contributed by atoms with Crippen LogP contribution in [-0.2, 0) is 6.54 Å². The fourth-order valence-corrected chi connectivity index (χ4v) is 3.32. The Bertz CT molecular complexity index is 1240. The van der Waals surface area contributed by atoms with Crippen molar-refractivity contribution in [3.05, 3.63) is 112 Å². The Hall–Kier alpha value is -3.68. The molecule has 1 heterocycles. The van der Waals surface area contributed by atoms with E-state index in [1.165, 1.54) is 4.68 Å². The Balaban J connectivity index is 1.89. The molecule has 0 aliphatic rings. The van der Waals surface area contributed by atoms with Gasteiger partial charge in [-0.25, -0.2) is 4.68 Å². The van der Waals surface area contributed by atoms with E-state index in [9.17, 15) is 4.79 Å². The Kier molecular flexibility index (Phi) is 5.24. The van der Waals surface area contributed by atoms with E-state index in [0.29, 0.717) is 22.7 Å². The first kappa shape index (κ1) is 18.7. The third-order valence-corrected chi connectivity index (χ3v) is 4.93. The number of benzene rings is 3. The van der Waals surface area contributed by atoms with Gasteiger partial charge in [0.1, 0.15) is 0 Å². The molecule has 0 saturated carbocycles. The summed E-state index contributed by atoms with van der Waals surface area (Å²) < 4.78 is 1.46. The van der Waals surface area contributed by atoms with Crippen LogP contribution in [0.3, 0.4) is 0 Å². The van der Waals surface area contributed by atoms with Crippen molar-refractivity contribution in [2.45, 2.75) is 6.54 Å². The van der Waals surface area contributed by atoms with E-state index in [-0.39, 0.29) is 5.56 Å². The van der Waals surface area contributed by atoms with Gasteiger partial charge in [0.15, 0.2) is 0 Å². The Morgan fingerprint density at radius 2 is 1.55 bits per heavy atom. The van der Waals surface area contributed by atoms with Gasteiger partial charge in [0.25, 0.3) is 5.56 Å². The van der Waals surface area contributed by atoms with Crippen LogP contribution >= 0.6 is 11.6 Å². The number of nitriles is 1. The Morgan fingerprint density at radius 3 is 2.21 bits per heavy atom. The summed E-state index contributed by atoms with van der Waals surface area (Å²) in [5.41, 5.74) is 4.20. The van der Waals surface area contributed by atoms with Gasteiger partial charge in [0.05, 0.1) is 29.9 Å². The van der Waals surface area contributed by atoms with Crippen LogP contribution in [0.1, 0.15) is 11.1 Å². The highest BCUT2D eigenvalue weighted by atomic mass is 35.5. The summed E-state index contributed by atoms with van der Waals surface area (Å²) in [6.07, 6.45) is 1.71. The molecule has 0 unspecified atom stereocenters. The molecule has 0 spiro atoms. The van der Waals surface area contributed by atoms with Crippen LogP contribution in [0.2, 0.25) is 5.02 Å². The second-order valence-electron chi connectivity index (χ2n) is 6.58. The van der Waals surface area contributed by atoms with Gasteiger partial charge in [-0.3, -0.25) is 4.79 Å². The minimum atomic E-state index is -0.189. The van der Waals surface area contributed by atoms with Crippen LogP contribution in [0.5, 0.6) is 0 Å². The van der Waals surface area contributed by atoms with Crippen LogP contribution in [-0.4, -0.2) is 9.78 Å². The molecule has 4 rings (SSSR count). The maximum atomic E-state index is 13.4. The molecule has 1 aromatic heterocycles. The molecule has 3 aromatic carbocycles. The fourth-order valence-electron chi connectivity index (χ4n) is 3.20. The lowest BCUT2D eigenvalue weighted by Gasteiger charge is -2.13. The van der Waals surface area contributed by atoms with Crippen LogP contribution in [0.15, 0.2) is 89.9 Å². The first-order valence-electron chi connectivity index (χ1n) is 9.06. The van der Waals surface area contributed by atoms with Crippen LogP contribution < -0.4 is 5.56 Å². The normalized spacial score (nSPS) is 10.5. The van der Waals surface area contributed by atoms with Crippen molar-refractivity contribution in [2.24, 2.45) is 0 Å². The molecule has 4 aromatic rings. The first-order valence-corrected chi connectivity index (χ1v) is 9.44. The topological polar surface area (TPSA) is 58.7 Å². The zero-order valence-corrected chi connectivity index (χ0v) is 16.2. The number of hydrogen-bond donors (Lipinski definition) is 0. The van der Waals surface area contributed by atoms with Gasteiger partial charge in [0.2, 0.25) is 0 Å². The van der Waals surface area contributed by atoms with Crippen molar-refractivity contribution in [1.29, 1.82) is 5.26 Å². The maximum absolute atomic E-state index is 13.4. The molecule has 0 radical (unpaired) electrons. The van der Waals surface area contributed by atoms with Crippen molar-refractivity contribution in [1.82, 2.24) is 9.78 Å². The van der Waals surface area contributed by atoms with Gasteiger partial charge in [0, 0.05) is 10.6 Å². The quantitative estimate of drug-likeness (QED) is 0.478. The number of halogens is 1. The monoisotopic (exact) mass is 397 g/mol. The average Bonchev–Trinajstić information content (AvgIpc) is 2.76. The molecule has 0 bridgehead atoms. The molecule has 0 N–H and O–H groups in total. The van der Waals surface area contributed by atoms with Gasteiger partial charge in [-0.15, -0.1) is 0 Å². The molecule has 0 aliphatic heterocycles. The molecule has 0 saturated heterocycles. The highest BCUT2D eigenvalue weighted by molar-refractivity contribution is 6.30. The SMILES string of the molecule is N#Cc1ccc(-c2c(-c3ccc(Cl)cc3)cnn(Cc3ccccc3)c2=O)cc1. The Labute approximate surface area is 173 Å². The van der Waals surface area contributed by atoms with Gasteiger partial charge >= 0.3 is 0 Å². The number of rotatable bonds is 4. The number of aromatic nitrogens is 2. The van der Waals surface area contributed by atoms with Gasteiger partial charge < -0.3 is 0 Å². The summed E-state index contributed by atoms with van der Waals surface area (Å²) in [7, 11) is 0. The van der Waals surface area contributed by atoms with Crippen LogP contribution in [0.4, 0.5) is 0 Å². The summed E-state index contributed by atoms with van der Waals surface area (Å²) in [5, 5.41) is 14.1. The third kappa shape index (κ3) is 3.96. The van der Waals surface area contributed by atoms with Gasteiger partial charge in [-0.05, 0) is 41.0 Å². The fraction of sp³-hybridized carbons (Fsp3) is 0.0417. The zero-order chi connectivity index (χ0) is 20.2. The van der Waals surface area contributed by atoms with E-state index < -0.39 is 0 Å². The maximum Gasteiger partial charge on any atom is 0.275 e. The molecule has 0 atom stereocenters. The molecule has 29 heavy (non-hydrogen) atoms. The highest BCUT2D eigenvalue weighted by Gasteiger charge is 2.15. The Morgan fingerprint density at radius 1 is 0.897 bits per heavy atom. The summed E-state index contributed by atoms with van der Waals surface area (Å²) in [4.78, 5) is 13.4. The van der Waals surface area contributed by atoms with Crippen molar-refractivity contribution in [3.63, 3.8) is 0 Å². The molecule has 0 aliphatic carbocycles. The predicted molar refractivity (Wildman–Crippen MR) is 115 cm³/mol. The predicted octanol–water partition coefficient (Wildman–Crippen LogP) is 5.15. The van der Waals surface area contributed by atoms with E-state index in [2.05, 4.69) is 11.2 Å². The lowest BCUT2D eigenvalue weighted by Crippen LogP contribution is -2.25. The number of nitrogens with zero attached hydrogens (tertiary/aromatic N) is 3. The minimum Gasteiger partial charge on any atom is -0.267 e. The van der Waals surface area contributed by atoms with Gasteiger partial charge in [-0.2, -0.15) is 10.4 Å². The first-order chi connectivity index (χ1) is 14.2. The van der Waals surface area contributed by atoms with E-state index in [4.69, 9.17) is 16.9 Å². The second kappa shape index (κ2) is 8.14. The van der Waals surface area contributed by atoms with E-state index in [1.807, 2.05) is 42.5 Å². The van der Waals surface area contributed by atoms with Crippen molar-refractivity contribution in [3.8, 4) is 28.3 Å².